The molecule has 3 N–H and O–H groups in total. The maximum absolute atomic E-state index is 11.9. The fourth-order valence-electron chi connectivity index (χ4n) is 1.88. The number of urea groups is 1. The number of aliphatic hydroxyl groups is 1. The first-order valence-electron chi connectivity index (χ1n) is 7.32. The molecule has 0 aliphatic carbocycles. The lowest BCUT2D eigenvalue weighted by molar-refractivity contribution is 0.0604. The molecule has 2 rings (SSSR count). The van der Waals surface area contributed by atoms with Crippen molar-refractivity contribution < 1.29 is 9.90 Å². The lowest BCUT2D eigenvalue weighted by atomic mass is 9.92. The molecule has 23 heavy (non-hydrogen) atoms. The Bertz CT molecular complexity index is 646. The number of nitrogens with one attached hydrogen (secondary N) is 2. The van der Waals surface area contributed by atoms with Crippen LogP contribution < -0.4 is 10.6 Å². The van der Waals surface area contributed by atoms with Crippen molar-refractivity contribution in [1.29, 1.82) is 0 Å². The minimum Gasteiger partial charge on any atom is -0.384 e. The van der Waals surface area contributed by atoms with Gasteiger partial charge in [0.2, 0.25) is 0 Å². The van der Waals surface area contributed by atoms with Crippen LogP contribution in [-0.2, 0) is 11.0 Å². The van der Waals surface area contributed by atoms with Gasteiger partial charge < -0.3 is 10.4 Å². The number of thiophene rings is 1. The average molecular weight is 334 g/mol. The van der Waals surface area contributed by atoms with E-state index >= 15 is 0 Å². The van der Waals surface area contributed by atoms with Crippen molar-refractivity contribution in [2.45, 2.75) is 38.7 Å². The molecule has 0 aliphatic heterocycles. The molecule has 0 bridgehead atoms. The van der Waals surface area contributed by atoms with E-state index in [1.165, 1.54) is 11.3 Å². The van der Waals surface area contributed by atoms with Crippen LogP contribution in [0.3, 0.4) is 0 Å². The van der Waals surface area contributed by atoms with Gasteiger partial charge in [-0.15, -0.1) is 5.10 Å². The van der Waals surface area contributed by atoms with Gasteiger partial charge >= 0.3 is 6.03 Å². The van der Waals surface area contributed by atoms with Crippen molar-refractivity contribution in [3.63, 3.8) is 0 Å². The second-order valence-corrected chi connectivity index (χ2v) is 7.43. The molecule has 1 atom stereocenters. The van der Waals surface area contributed by atoms with Crippen LogP contribution in [0.5, 0.6) is 0 Å². The van der Waals surface area contributed by atoms with Crippen LogP contribution in [0.1, 0.15) is 39.0 Å². The van der Waals surface area contributed by atoms with Crippen molar-refractivity contribution in [3.05, 3.63) is 40.2 Å². The van der Waals surface area contributed by atoms with E-state index < -0.39 is 11.6 Å². The summed E-state index contributed by atoms with van der Waals surface area (Å²) in [4.78, 5) is 11.9. The molecule has 0 aromatic carbocycles. The Morgan fingerprint density at radius 3 is 2.48 bits per heavy atom. The molecule has 0 saturated heterocycles. The Balaban J connectivity index is 1.90. The SMILES string of the molecule is CC(C)(C)c1ccc(NC(=O)NCC(C)(O)c2ccsc2)nn1. The average Bonchev–Trinajstić information content (AvgIpc) is 3.00. The van der Waals surface area contributed by atoms with Gasteiger partial charge in [-0.25, -0.2) is 4.79 Å². The summed E-state index contributed by atoms with van der Waals surface area (Å²) in [6.07, 6.45) is 0. The van der Waals surface area contributed by atoms with Crippen LogP contribution in [0.2, 0.25) is 0 Å². The second-order valence-electron chi connectivity index (χ2n) is 6.65. The first-order valence-corrected chi connectivity index (χ1v) is 8.27. The van der Waals surface area contributed by atoms with E-state index in [1.807, 2.05) is 43.7 Å². The molecule has 1 unspecified atom stereocenters. The highest BCUT2D eigenvalue weighted by Gasteiger charge is 2.24. The van der Waals surface area contributed by atoms with Crippen LogP contribution in [0, 0.1) is 0 Å². The minimum absolute atomic E-state index is 0.0903. The third-order valence-electron chi connectivity index (χ3n) is 3.41. The van der Waals surface area contributed by atoms with Gasteiger partial charge in [0.15, 0.2) is 5.82 Å². The van der Waals surface area contributed by atoms with Gasteiger partial charge in [0.1, 0.15) is 5.60 Å². The Labute approximate surface area is 140 Å². The van der Waals surface area contributed by atoms with E-state index in [2.05, 4.69) is 20.8 Å². The smallest absolute Gasteiger partial charge is 0.320 e. The predicted molar refractivity (Wildman–Crippen MR) is 91.6 cm³/mol. The predicted octanol–water partition coefficient (Wildman–Crippen LogP) is 2.86. The summed E-state index contributed by atoms with van der Waals surface area (Å²) in [6.45, 7) is 7.90. The van der Waals surface area contributed by atoms with Gasteiger partial charge in [0.25, 0.3) is 0 Å². The number of hydrogen-bond donors (Lipinski definition) is 3. The van der Waals surface area contributed by atoms with E-state index in [1.54, 1.807) is 13.0 Å². The summed E-state index contributed by atoms with van der Waals surface area (Å²) in [5.41, 5.74) is 0.424. The Hall–Kier alpha value is -1.99. The van der Waals surface area contributed by atoms with Gasteiger partial charge in [0, 0.05) is 5.41 Å². The lowest BCUT2D eigenvalue weighted by Crippen LogP contribution is -2.40. The molecule has 124 valence electrons. The number of carbonyl (C=O) groups excluding carboxylic acids is 1. The molecule has 0 spiro atoms. The zero-order valence-corrected chi connectivity index (χ0v) is 14.6. The quantitative estimate of drug-likeness (QED) is 0.802. The molecule has 2 aromatic rings. The number of hydrogen-bond acceptors (Lipinski definition) is 5. The number of rotatable bonds is 4. The highest BCUT2D eigenvalue weighted by molar-refractivity contribution is 7.08. The van der Waals surface area contributed by atoms with E-state index in [-0.39, 0.29) is 12.0 Å². The Morgan fingerprint density at radius 1 is 1.22 bits per heavy atom. The van der Waals surface area contributed by atoms with Gasteiger partial charge in [-0.1, -0.05) is 20.8 Å². The standard InChI is InChI=1S/C16H22N4O2S/c1-15(2,3)12-5-6-13(20-19-12)18-14(21)17-10-16(4,22)11-7-8-23-9-11/h5-9,22H,10H2,1-4H3,(H2,17,18,20,21). The number of aromatic nitrogens is 2. The van der Waals surface area contributed by atoms with E-state index in [4.69, 9.17) is 0 Å². The summed E-state index contributed by atoms with van der Waals surface area (Å²) in [6, 6.07) is 4.95. The summed E-state index contributed by atoms with van der Waals surface area (Å²) in [5, 5.41) is 27.5. The van der Waals surface area contributed by atoms with E-state index in [9.17, 15) is 9.90 Å². The van der Waals surface area contributed by atoms with Crippen molar-refractivity contribution >= 4 is 23.2 Å². The highest BCUT2D eigenvalue weighted by atomic mass is 32.1. The third-order valence-corrected chi connectivity index (χ3v) is 4.09. The number of carbonyl (C=O) groups is 1. The fraction of sp³-hybridized carbons (Fsp3) is 0.438. The van der Waals surface area contributed by atoms with Gasteiger partial charge in [-0.05, 0) is 41.4 Å². The van der Waals surface area contributed by atoms with Crippen LogP contribution in [-0.4, -0.2) is 27.9 Å². The zero-order chi connectivity index (χ0) is 17.1. The summed E-state index contributed by atoms with van der Waals surface area (Å²) < 4.78 is 0. The third kappa shape index (κ3) is 4.74. The summed E-state index contributed by atoms with van der Waals surface area (Å²) in [7, 11) is 0. The van der Waals surface area contributed by atoms with Gasteiger partial charge in [0.05, 0.1) is 12.2 Å². The molecule has 0 aliphatic rings. The normalized spacial score (nSPS) is 14.1. The molecular formula is C16H22N4O2S. The van der Waals surface area contributed by atoms with Crippen LogP contribution >= 0.6 is 11.3 Å². The highest BCUT2D eigenvalue weighted by Crippen LogP contribution is 2.22. The van der Waals surface area contributed by atoms with Crippen LogP contribution in [0.15, 0.2) is 29.0 Å². The first-order chi connectivity index (χ1) is 10.7. The van der Waals surface area contributed by atoms with Crippen LogP contribution in [0.25, 0.3) is 0 Å². The second kappa shape index (κ2) is 6.64. The number of amides is 2. The first kappa shape index (κ1) is 17.4. The summed E-state index contributed by atoms with van der Waals surface area (Å²) >= 11 is 1.50. The number of anilines is 1. The maximum atomic E-state index is 11.9. The molecular weight excluding hydrogens is 312 g/mol. The maximum Gasteiger partial charge on any atom is 0.320 e. The van der Waals surface area contributed by atoms with E-state index in [0.717, 1.165) is 11.3 Å². The monoisotopic (exact) mass is 334 g/mol. The molecule has 7 heteroatoms. The molecule has 6 nitrogen and oxygen atoms in total. The molecule has 0 fully saturated rings. The Morgan fingerprint density at radius 2 is 1.96 bits per heavy atom. The Kier molecular flexibility index (Phi) is 5.01. The molecule has 0 saturated carbocycles. The fourth-order valence-corrected chi connectivity index (χ4v) is 2.67. The van der Waals surface area contributed by atoms with Gasteiger partial charge in [-0.3, -0.25) is 5.32 Å². The van der Waals surface area contributed by atoms with Crippen LogP contribution in [0.4, 0.5) is 10.6 Å². The van der Waals surface area contributed by atoms with Crippen molar-refractivity contribution in [2.75, 3.05) is 11.9 Å². The largest absolute Gasteiger partial charge is 0.384 e. The van der Waals surface area contributed by atoms with E-state index in [0.29, 0.717) is 5.82 Å². The topological polar surface area (TPSA) is 87.1 Å². The van der Waals surface area contributed by atoms with Crippen molar-refractivity contribution in [3.8, 4) is 0 Å². The number of nitrogens with zero attached hydrogens (tertiary/aromatic N) is 2. The lowest BCUT2D eigenvalue weighted by Gasteiger charge is -2.22. The molecule has 2 aromatic heterocycles. The molecule has 2 heterocycles. The molecule has 2 amide bonds. The van der Waals surface area contributed by atoms with Gasteiger partial charge in [-0.2, -0.15) is 16.4 Å². The molecule has 0 radical (unpaired) electrons. The van der Waals surface area contributed by atoms with Crippen molar-refractivity contribution in [2.24, 2.45) is 0 Å². The minimum atomic E-state index is -1.11. The van der Waals surface area contributed by atoms with Crippen molar-refractivity contribution in [1.82, 2.24) is 15.5 Å². The summed E-state index contributed by atoms with van der Waals surface area (Å²) in [5.74, 6) is 0.366. The zero-order valence-electron chi connectivity index (χ0n) is 13.8.